The first-order valence-electron chi connectivity index (χ1n) is 8.64. The summed E-state index contributed by atoms with van der Waals surface area (Å²) in [4.78, 5) is 14.6. The molecule has 0 radical (unpaired) electrons. The lowest BCUT2D eigenvalue weighted by atomic mass is 10.2. The van der Waals surface area contributed by atoms with E-state index < -0.39 is 5.91 Å². The van der Waals surface area contributed by atoms with Gasteiger partial charge in [0.15, 0.2) is 0 Å². The second-order valence-corrected chi connectivity index (χ2v) is 6.77. The first-order valence-corrected chi connectivity index (χ1v) is 9.39. The minimum Gasteiger partial charge on any atom is -0.378 e. The Hall–Kier alpha value is -2.72. The highest BCUT2D eigenvalue weighted by molar-refractivity contribution is 6.44. The van der Waals surface area contributed by atoms with E-state index in [0.29, 0.717) is 23.9 Å². The van der Waals surface area contributed by atoms with Gasteiger partial charge in [0.1, 0.15) is 11.6 Å². The highest BCUT2D eigenvalue weighted by Gasteiger charge is 2.15. The topological polar surface area (TPSA) is 77.4 Å². The molecule has 144 valence electrons. The van der Waals surface area contributed by atoms with E-state index in [0.717, 1.165) is 24.5 Å². The van der Waals surface area contributed by atoms with Gasteiger partial charge in [0, 0.05) is 19.3 Å². The molecule has 2 N–H and O–H groups in total. The minimum absolute atomic E-state index is 0.0900. The second kappa shape index (κ2) is 9.47. The zero-order valence-electron chi connectivity index (χ0n) is 14.9. The van der Waals surface area contributed by atoms with Crippen LogP contribution in [0.15, 0.2) is 54.2 Å². The quantitative estimate of drug-likeness (QED) is 0.561. The number of ether oxygens (including phenoxy) is 1. The lowest BCUT2D eigenvalue weighted by Gasteiger charge is -2.30. The number of carbonyl (C=O) groups excluding carboxylic acids is 1. The fraction of sp³-hybridized carbons (Fsp3) is 0.200. The number of hydrogen-bond donors (Lipinski definition) is 2. The van der Waals surface area contributed by atoms with Gasteiger partial charge in [-0.15, -0.1) is 0 Å². The number of anilines is 3. The Kier molecular flexibility index (Phi) is 6.77. The first kappa shape index (κ1) is 20.0. The molecule has 6 nitrogen and oxygen atoms in total. The van der Waals surface area contributed by atoms with Crippen molar-refractivity contribution in [1.29, 1.82) is 5.26 Å². The van der Waals surface area contributed by atoms with Crippen molar-refractivity contribution in [3.05, 3.63) is 64.3 Å². The van der Waals surface area contributed by atoms with Crippen molar-refractivity contribution in [1.82, 2.24) is 0 Å². The van der Waals surface area contributed by atoms with E-state index in [4.69, 9.17) is 27.9 Å². The summed E-state index contributed by atoms with van der Waals surface area (Å²) >= 11 is 12.0. The standard InChI is InChI=1S/C20H18Cl2N4O2/c21-15-4-3-6-17(19(15)22)25-20(27)14(12-23)13-24-16-5-1-2-7-18(16)26-8-10-28-11-9-26/h1-7,13,24H,8-11H2,(H,25,27)/b14-13-. The van der Waals surface area contributed by atoms with Crippen LogP contribution < -0.4 is 15.5 Å². The number of halogens is 2. The number of carbonyl (C=O) groups is 1. The van der Waals surface area contributed by atoms with Crippen molar-refractivity contribution in [3.63, 3.8) is 0 Å². The van der Waals surface area contributed by atoms with Crippen LogP contribution in [0.5, 0.6) is 0 Å². The number of morpholine rings is 1. The molecule has 0 aliphatic carbocycles. The molecular formula is C20H18Cl2N4O2. The number of nitrogens with one attached hydrogen (secondary N) is 2. The highest BCUT2D eigenvalue weighted by atomic mass is 35.5. The number of para-hydroxylation sites is 2. The largest absolute Gasteiger partial charge is 0.378 e. The lowest BCUT2D eigenvalue weighted by molar-refractivity contribution is -0.112. The predicted molar refractivity (Wildman–Crippen MR) is 112 cm³/mol. The van der Waals surface area contributed by atoms with Gasteiger partial charge in [-0.3, -0.25) is 4.79 Å². The third-order valence-electron chi connectivity index (χ3n) is 4.19. The molecule has 1 amide bonds. The summed E-state index contributed by atoms with van der Waals surface area (Å²) in [5.74, 6) is -0.581. The van der Waals surface area contributed by atoms with Crippen LogP contribution in [-0.4, -0.2) is 32.2 Å². The maximum absolute atomic E-state index is 12.4. The Morgan fingerprint density at radius 1 is 1.11 bits per heavy atom. The van der Waals surface area contributed by atoms with E-state index in [1.165, 1.54) is 6.20 Å². The molecule has 1 saturated heterocycles. The number of rotatable bonds is 5. The molecule has 1 fully saturated rings. The SMILES string of the molecule is N#C/C(=C/Nc1ccccc1N1CCOCC1)C(=O)Nc1cccc(Cl)c1Cl. The van der Waals surface area contributed by atoms with Gasteiger partial charge in [0.2, 0.25) is 0 Å². The molecule has 0 spiro atoms. The monoisotopic (exact) mass is 416 g/mol. The molecule has 8 heteroatoms. The van der Waals surface area contributed by atoms with Crippen molar-refractivity contribution >= 4 is 46.2 Å². The third-order valence-corrected chi connectivity index (χ3v) is 5.01. The van der Waals surface area contributed by atoms with Crippen LogP contribution in [0.2, 0.25) is 10.0 Å². The maximum Gasteiger partial charge on any atom is 0.267 e. The Bertz CT molecular complexity index is 934. The summed E-state index contributed by atoms with van der Waals surface area (Å²) in [5, 5.41) is 15.6. The van der Waals surface area contributed by atoms with Crippen LogP contribution in [0.1, 0.15) is 0 Å². The Morgan fingerprint density at radius 3 is 2.57 bits per heavy atom. The highest BCUT2D eigenvalue weighted by Crippen LogP contribution is 2.30. The molecule has 0 unspecified atom stereocenters. The summed E-state index contributed by atoms with van der Waals surface area (Å²) < 4.78 is 5.39. The molecular weight excluding hydrogens is 399 g/mol. The Balaban J connectivity index is 1.76. The van der Waals surface area contributed by atoms with Gasteiger partial charge in [-0.1, -0.05) is 41.4 Å². The van der Waals surface area contributed by atoms with Gasteiger partial charge in [0.05, 0.1) is 40.3 Å². The first-order chi connectivity index (χ1) is 13.6. The molecule has 0 aromatic heterocycles. The van der Waals surface area contributed by atoms with Crippen molar-refractivity contribution in [2.24, 2.45) is 0 Å². The summed E-state index contributed by atoms with van der Waals surface area (Å²) in [6.07, 6.45) is 1.38. The van der Waals surface area contributed by atoms with E-state index >= 15 is 0 Å². The van der Waals surface area contributed by atoms with Crippen LogP contribution in [0.3, 0.4) is 0 Å². The van der Waals surface area contributed by atoms with E-state index in [9.17, 15) is 10.1 Å². The number of benzene rings is 2. The molecule has 1 aliphatic rings. The molecule has 28 heavy (non-hydrogen) atoms. The van der Waals surface area contributed by atoms with Gasteiger partial charge < -0.3 is 20.3 Å². The normalized spacial score (nSPS) is 14.3. The average Bonchev–Trinajstić information content (AvgIpc) is 2.73. The molecule has 0 saturated carbocycles. The molecule has 1 aliphatic heterocycles. The van der Waals surface area contributed by atoms with E-state index in [2.05, 4.69) is 15.5 Å². The van der Waals surface area contributed by atoms with E-state index in [1.54, 1.807) is 18.2 Å². The molecule has 3 rings (SSSR count). The van der Waals surface area contributed by atoms with Crippen LogP contribution in [0.25, 0.3) is 0 Å². The van der Waals surface area contributed by atoms with Gasteiger partial charge in [-0.2, -0.15) is 5.26 Å². The zero-order valence-corrected chi connectivity index (χ0v) is 16.4. The zero-order chi connectivity index (χ0) is 19.9. The van der Waals surface area contributed by atoms with E-state index in [-0.39, 0.29) is 10.6 Å². The van der Waals surface area contributed by atoms with Gasteiger partial charge in [0.25, 0.3) is 5.91 Å². The predicted octanol–water partition coefficient (Wildman–Crippen LogP) is 4.29. The van der Waals surface area contributed by atoms with E-state index in [1.807, 2.05) is 30.3 Å². The smallest absolute Gasteiger partial charge is 0.267 e. The maximum atomic E-state index is 12.4. The minimum atomic E-state index is -0.581. The number of nitriles is 1. The van der Waals surface area contributed by atoms with Crippen LogP contribution in [0.4, 0.5) is 17.1 Å². The van der Waals surface area contributed by atoms with Crippen LogP contribution in [0, 0.1) is 11.3 Å². The van der Waals surface area contributed by atoms with Crippen molar-refractivity contribution < 1.29 is 9.53 Å². The fourth-order valence-electron chi connectivity index (χ4n) is 2.76. The Morgan fingerprint density at radius 2 is 1.82 bits per heavy atom. The third kappa shape index (κ3) is 4.76. The molecule has 1 heterocycles. The van der Waals surface area contributed by atoms with Crippen molar-refractivity contribution in [3.8, 4) is 6.07 Å². The number of nitrogens with zero attached hydrogens (tertiary/aromatic N) is 2. The summed E-state index contributed by atoms with van der Waals surface area (Å²) in [6, 6.07) is 14.5. The van der Waals surface area contributed by atoms with Crippen LogP contribution in [-0.2, 0) is 9.53 Å². The van der Waals surface area contributed by atoms with Crippen LogP contribution >= 0.6 is 23.2 Å². The molecule has 2 aromatic rings. The summed E-state index contributed by atoms with van der Waals surface area (Å²) in [6.45, 7) is 2.88. The number of amides is 1. The average molecular weight is 417 g/mol. The Labute approximate surface area is 173 Å². The van der Waals surface area contributed by atoms with Crippen molar-refractivity contribution in [2.45, 2.75) is 0 Å². The summed E-state index contributed by atoms with van der Waals surface area (Å²) in [5.41, 5.74) is 2.03. The summed E-state index contributed by atoms with van der Waals surface area (Å²) in [7, 11) is 0. The lowest BCUT2D eigenvalue weighted by Crippen LogP contribution is -2.36. The number of hydrogen-bond acceptors (Lipinski definition) is 5. The van der Waals surface area contributed by atoms with Gasteiger partial charge >= 0.3 is 0 Å². The van der Waals surface area contributed by atoms with Gasteiger partial charge in [-0.05, 0) is 24.3 Å². The van der Waals surface area contributed by atoms with Gasteiger partial charge in [-0.25, -0.2) is 0 Å². The van der Waals surface area contributed by atoms with Crippen molar-refractivity contribution in [2.75, 3.05) is 41.8 Å². The fourth-order valence-corrected chi connectivity index (χ4v) is 3.11. The molecule has 2 aromatic carbocycles. The molecule has 0 bridgehead atoms. The second-order valence-electron chi connectivity index (χ2n) is 5.99. The molecule has 0 atom stereocenters.